The van der Waals surface area contributed by atoms with E-state index in [9.17, 15) is 27.2 Å². The van der Waals surface area contributed by atoms with Crippen LogP contribution in [0, 0.1) is 5.92 Å². The minimum absolute atomic E-state index is 0.0570. The highest BCUT2D eigenvalue weighted by atomic mass is 79.9. The Morgan fingerprint density at radius 1 is 1.28 bits per heavy atom. The molecule has 0 aliphatic heterocycles. The maximum atomic E-state index is 12.7. The number of halogens is 5. The highest BCUT2D eigenvalue weighted by Gasteiger charge is 2.49. The highest BCUT2D eigenvalue weighted by Crippen LogP contribution is 2.23. The Morgan fingerprint density at radius 2 is 1.78 bits per heavy atom. The number of Topliss-reactive ketones (excluding diaryl/α,β-unsaturated/α-hetero) is 1. The molecule has 0 saturated heterocycles. The second-order valence-corrected chi connectivity index (χ2v) is 4.74. The lowest BCUT2D eigenvalue weighted by Crippen LogP contribution is -2.51. The largest absolute Gasteiger partial charge is 0.383 e. The Balaban J connectivity index is 4.78. The van der Waals surface area contributed by atoms with Gasteiger partial charge in [0.05, 0.1) is 11.4 Å². The number of rotatable bonds is 7. The number of carbonyl (C=O) groups is 2. The summed E-state index contributed by atoms with van der Waals surface area (Å²) in [5.74, 6) is -7.51. The topological polar surface area (TPSA) is 46.2 Å². The van der Waals surface area contributed by atoms with Crippen LogP contribution in [0.4, 0.5) is 17.6 Å². The van der Waals surface area contributed by atoms with Crippen molar-refractivity contribution in [3.05, 3.63) is 0 Å². The van der Waals surface area contributed by atoms with Crippen LogP contribution in [0.5, 0.6) is 0 Å². The van der Waals surface area contributed by atoms with Crippen molar-refractivity contribution >= 4 is 27.6 Å². The van der Waals surface area contributed by atoms with E-state index in [2.05, 4.69) is 15.9 Å². The van der Waals surface area contributed by atoms with Crippen molar-refractivity contribution in [1.82, 2.24) is 5.32 Å². The molecule has 0 aromatic carbocycles. The molecule has 0 aliphatic rings. The quantitative estimate of drug-likeness (QED) is 0.573. The van der Waals surface area contributed by atoms with Crippen LogP contribution in [-0.2, 0) is 9.59 Å². The maximum absolute atomic E-state index is 12.7. The van der Waals surface area contributed by atoms with Gasteiger partial charge in [0.1, 0.15) is 0 Å². The number of ketones is 1. The van der Waals surface area contributed by atoms with Gasteiger partial charge in [0.15, 0.2) is 5.78 Å². The molecule has 1 amide bonds. The maximum Gasteiger partial charge on any atom is 0.383 e. The summed E-state index contributed by atoms with van der Waals surface area (Å²) in [6.45, 7) is 3.43. The van der Waals surface area contributed by atoms with Crippen LogP contribution in [0.1, 0.15) is 20.3 Å². The molecule has 3 nitrogen and oxygen atoms in total. The molecule has 1 N–H and O–H groups in total. The molecular formula is C10H14BrF4NO2. The van der Waals surface area contributed by atoms with Crippen molar-refractivity contribution in [3.63, 3.8) is 0 Å². The summed E-state index contributed by atoms with van der Waals surface area (Å²) in [4.78, 5) is 22.4. The monoisotopic (exact) mass is 335 g/mol. The third-order valence-corrected chi connectivity index (χ3v) is 2.66. The highest BCUT2D eigenvalue weighted by molar-refractivity contribution is 9.09. The van der Waals surface area contributed by atoms with E-state index in [0.717, 1.165) is 0 Å². The molecule has 1 unspecified atom stereocenters. The summed E-state index contributed by atoms with van der Waals surface area (Å²) in [6, 6.07) is -1.19. The summed E-state index contributed by atoms with van der Waals surface area (Å²) in [5, 5.41) is 1.52. The van der Waals surface area contributed by atoms with Gasteiger partial charge in [-0.15, -0.1) is 0 Å². The molecule has 1 atom stereocenters. The number of nitrogens with one attached hydrogen (secondary N) is 1. The van der Waals surface area contributed by atoms with Crippen LogP contribution in [0.2, 0.25) is 0 Å². The zero-order valence-electron chi connectivity index (χ0n) is 9.85. The van der Waals surface area contributed by atoms with E-state index in [1.165, 1.54) is 0 Å². The number of alkyl halides is 5. The van der Waals surface area contributed by atoms with E-state index >= 15 is 0 Å². The Labute approximate surface area is 110 Å². The molecule has 0 heterocycles. The average Bonchev–Trinajstić information content (AvgIpc) is 2.25. The summed E-state index contributed by atoms with van der Waals surface area (Å²) >= 11 is 2.84. The van der Waals surface area contributed by atoms with Gasteiger partial charge in [-0.3, -0.25) is 9.59 Å². The van der Waals surface area contributed by atoms with Gasteiger partial charge in [-0.05, 0) is 12.3 Å². The zero-order valence-corrected chi connectivity index (χ0v) is 11.4. The second-order valence-electron chi connectivity index (χ2n) is 4.18. The summed E-state index contributed by atoms with van der Waals surface area (Å²) in [5.41, 5.74) is 0. The Bertz CT molecular complexity index is 310. The van der Waals surface area contributed by atoms with E-state index in [1.54, 1.807) is 19.2 Å². The van der Waals surface area contributed by atoms with Gasteiger partial charge in [0.25, 0.3) is 5.91 Å². The third kappa shape index (κ3) is 4.91. The molecule has 0 spiro atoms. The lowest BCUT2D eigenvalue weighted by molar-refractivity contribution is -0.170. The lowest BCUT2D eigenvalue weighted by Gasteiger charge is -2.22. The van der Waals surface area contributed by atoms with Gasteiger partial charge in [-0.2, -0.15) is 8.78 Å². The fourth-order valence-corrected chi connectivity index (χ4v) is 1.58. The smallest absolute Gasteiger partial charge is 0.341 e. The number of hydrogen-bond donors (Lipinski definition) is 1. The minimum Gasteiger partial charge on any atom is -0.341 e. The van der Waals surface area contributed by atoms with Crippen LogP contribution < -0.4 is 5.32 Å². The third-order valence-electron chi connectivity index (χ3n) is 2.11. The first-order chi connectivity index (χ1) is 8.12. The molecule has 0 aliphatic carbocycles. The van der Waals surface area contributed by atoms with Gasteiger partial charge in [0.2, 0.25) is 0 Å². The first kappa shape index (κ1) is 17.3. The van der Waals surface area contributed by atoms with Crippen LogP contribution in [0.25, 0.3) is 0 Å². The minimum atomic E-state index is -4.79. The molecule has 18 heavy (non-hydrogen) atoms. The number of hydrogen-bond acceptors (Lipinski definition) is 2. The molecule has 0 radical (unpaired) electrons. The van der Waals surface area contributed by atoms with Crippen LogP contribution >= 0.6 is 15.9 Å². The van der Waals surface area contributed by atoms with E-state index in [0.29, 0.717) is 0 Å². The fourth-order valence-electron chi connectivity index (χ4n) is 1.19. The normalized spacial score (nSPS) is 13.8. The van der Waals surface area contributed by atoms with E-state index < -0.39 is 30.1 Å². The standard InChI is InChI=1S/C10H14BrF4NO2/c1-5(2)3-6(7(17)4-11)16-9(18)10(14,15)8(12)13/h5-6,8H,3-4H2,1-2H3,(H,16,18). The van der Waals surface area contributed by atoms with Gasteiger partial charge in [-0.25, -0.2) is 8.78 Å². The summed E-state index contributed by atoms with van der Waals surface area (Å²) in [6.07, 6.45) is -3.99. The van der Waals surface area contributed by atoms with Crippen LogP contribution in [0.15, 0.2) is 0 Å². The Morgan fingerprint density at radius 3 is 2.11 bits per heavy atom. The van der Waals surface area contributed by atoms with Gasteiger partial charge >= 0.3 is 12.3 Å². The number of carbonyl (C=O) groups excluding carboxylic acids is 2. The van der Waals surface area contributed by atoms with Crippen molar-refractivity contribution in [1.29, 1.82) is 0 Å². The van der Waals surface area contributed by atoms with Crippen molar-refractivity contribution in [2.75, 3.05) is 5.33 Å². The molecule has 0 aromatic rings. The van der Waals surface area contributed by atoms with Crippen molar-refractivity contribution in [3.8, 4) is 0 Å². The Hall–Kier alpha value is -0.660. The van der Waals surface area contributed by atoms with Crippen molar-refractivity contribution < 1.29 is 27.2 Å². The predicted molar refractivity (Wildman–Crippen MR) is 61.1 cm³/mol. The first-order valence-electron chi connectivity index (χ1n) is 5.18. The van der Waals surface area contributed by atoms with Crippen molar-refractivity contribution in [2.24, 2.45) is 5.92 Å². The molecule has 8 heteroatoms. The van der Waals surface area contributed by atoms with Crippen LogP contribution in [0.3, 0.4) is 0 Å². The summed E-state index contributed by atoms with van der Waals surface area (Å²) < 4.78 is 49.3. The second kappa shape index (κ2) is 7.06. The molecule has 0 fully saturated rings. The molecule has 0 saturated carbocycles. The van der Waals surface area contributed by atoms with Gasteiger partial charge < -0.3 is 5.32 Å². The van der Waals surface area contributed by atoms with Crippen LogP contribution in [-0.4, -0.2) is 35.4 Å². The molecule has 0 rings (SSSR count). The summed E-state index contributed by atoms with van der Waals surface area (Å²) in [7, 11) is 0. The van der Waals surface area contributed by atoms with Crippen molar-refractivity contribution in [2.45, 2.75) is 38.7 Å². The molecular weight excluding hydrogens is 322 g/mol. The van der Waals surface area contributed by atoms with E-state index in [-0.39, 0.29) is 17.7 Å². The predicted octanol–water partition coefficient (Wildman–Crippen LogP) is 2.38. The lowest BCUT2D eigenvalue weighted by atomic mass is 10.0. The first-order valence-corrected chi connectivity index (χ1v) is 6.30. The molecule has 0 bridgehead atoms. The van der Waals surface area contributed by atoms with E-state index in [4.69, 9.17) is 0 Å². The average molecular weight is 336 g/mol. The fraction of sp³-hybridized carbons (Fsp3) is 0.800. The Kier molecular flexibility index (Phi) is 6.80. The van der Waals surface area contributed by atoms with E-state index in [1.807, 2.05) is 0 Å². The van der Waals surface area contributed by atoms with Gasteiger partial charge in [0, 0.05) is 0 Å². The molecule has 0 aromatic heterocycles. The SMILES string of the molecule is CC(C)CC(NC(=O)C(F)(F)C(F)F)C(=O)CBr. The van der Waals surface area contributed by atoms with Gasteiger partial charge in [-0.1, -0.05) is 29.8 Å². The number of amides is 1. The zero-order chi connectivity index (χ0) is 14.5. The molecule has 106 valence electrons.